The number of nitrogens with one attached hydrogen (secondary N) is 1. The summed E-state index contributed by atoms with van der Waals surface area (Å²) < 4.78 is 5.70. The fourth-order valence-corrected chi connectivity index (χ4v) is 2.54. The Kier molecular flexibility index (Phi) is 5.23. The molecule has 0 heterocycles. The molecule has 0 bridgehead atoms. The Morgan fingerprint density at radius 3 is 2.79 bits per heavy atom. The zero-order valence-electron chi connectivity index (χ0n) is 12.0. The molecule has 3 nitrogen and oxygen atoms in total. The minimum atomic E-state index is -0.444. The highest BCUT2D eigenvalue weighted by molar-refractivity contribution is 5.35. The highest BCUT2D eigenvalue weighted by Crippen LogP contribution is 2.19. The number of ether oxygens (including phenoxy) is 1. The van der Waals surface area contributed by atoms with Crippen LogP contribution in [0.5, 0.6) is 5.75 Å². The predicted molar refractivity (Wildman–Crippen MR) is 77.7 cm³/mol. The van der Waals surface area contributed by atoms with Crippen LogP contribution < -0.4 is 10.1 Å². The van der Waals surface area contributed by atoms with Crippen molar-refractivity contribution in [3.63, 3.8) is 0 Å². The molecule has 1 atom stereocenters. The molecule has 19 heavy (non-hydrogen) atoms. The number of hydrogen-bond donors (Lipinski definition) is 2. The second kappa shape index (κ2) is 6.92. The van der Waals surface area contributed by atoms with Crippen LogP contribution in [-0.2, 0) is 0 Å². The molecule has 106 valence electrons. The van der Waals surface area contributed by atoms with Crippen molar-refractivity contribution in [2.24, 2.45) is 0 Å². The van der Waals surface area contributed by atoms with E-state index in [-0.39, 0.29) is 0 Å². The van der Waals surface area contributed by atoms with E-state index in [2.05, 4.69) is 11.4 Å². The molecule has 1 aliphatic rings. The summed E-state index contributed by atoms with van der Waals surface area (Å²) in [4.78, 5) is 0. The van der Waals surface area contributed by atoms with Gasteiger partial charge in [-0.1, -0.05) is 25.0 Å². The number of benzene rings is 1. The first-order valence-corrected chi connectivity index (χ1v) is 7.26. The van der Waals surface area contributed by atoms with E-state index in [1.54, 1.807) is 0 Å². The van der Waals surface area contributed by atoms with Crippen LogP contribution in [0.4, 0.5) is 0 Å². The number of aliphatic hydroxyl groups excluding tert-OH is 1. The van der Waals surface area contributed by atoms with Crippen molar-refractivity contribution in [2.45, 2.75) is 51.7 Å². The molecule has 0 aliphatic heterocycles. The fourth-order valence-electron chi connectivity index (χ4n) is 2.54. The molecule has 2 rings (SSSR count). The molecular weight excluding hydrogens is 238 g/mol. The average Bonchev–Trinajstić information content (AvgIpc) is 2.90. The first-order valence-electron chi connectivity index (χ1n) is 7.26. The average molecular weight is 263 g/mol. The molecular formula is C16H25NO2. The van der Waals surface area contributed by atoms with Gasteiger partial charge in [0.1, 0.15) is 18.5 Å². The summed E-state index contributed by atoms with van der Waals surface area (Å²) in [6.45, 7) is 5.04. The van der Waals surface area contributed by atoms with Gasteiger partial charge in [0.05, 0.1) is 0 Å². The molecule has 3 heteroatoms. The van der Waals surface area contributed by atoms with E-state index < -0.39 is 6.10 Å². The fraction of sp³-hybridized carbons (Fsp3) is 0.625. The van der Waals surface area contributed by atoms with Crippen molar-refractivity contribution >= 4 is 0 Å². The zero-order chi connectivity index (χ0) is 13.7. The molecule has 1 fully saturated rings. The molecule has 0 unspecified atom stereocenters. The molecule has 2 N–H and O–H groups in total. The van der Waals surface area contributed by atoms with Crippen LogP contribution >= 0.6 is 0 Å². The summed E-state index contributed by atoms with van der Waals surface area (Å²) in [5.41, 5.74) is 2.29. The third-order valence-electron chi connectivity index (χ3n) is 3.77. The van der Waals surface area contributed by atoms with Gasteiger partial charge in [-0.15, -0.1) is 0 Å². The van der Waals surface area contributed by atoms with E-state index in [0.717, 1.165) is 11.3 Å². The normalized spacial score (nSPS) is 17.6. The van der Waals surface area contributed by atoms with Gasteiger partial charge in [0, 0.05) is 12.6 Å². The second-order valence-electron chi connectivity index (χ2n) is 5.62. The maximum Gasteiger partial charge on any atom is 0.122 e. The largest absolute Gasteiger partial charge is 0.491 e. The standard InChI is InChI=1S/C16H25NO2/c1-12-7-8-13(2)16(9-12)19-11-15(18)10-17-14-5-3-4-6-14/h7-9,14-15,17-18H,3-6,10-11H2,1-2H3/t15-/m1/s1. The summed E-state index contributed by atoms with van der Waals surface area (Å²) in [6.07, 6.45) is 4.66. The quantitative estimate of drug-likeness (QED) is 0.829. The number of rotatable bonds is 6. The maximum absolute atomic E-state index is 9.94. The smallest absolute Gasteiger partial charge is 0.122 e. The number of hydrogen-bond acceptors (Lipinski definition) is 3. The van der Waals surface area contributed by atoms with E-state index in [1.807, 2.05) is 26.0 Å². The van der Waals surface area contributed by atoms with Gasteiger partial charge in [-0.2, -0.15) is 0 Å². The molecule has 1 aliphatic carbocycles. The third kappa shape index (κ3) is 4.51. The van der Waals surface area contributed by atoms with Gasteiger partial charge in [-0.25, -0.2) is 0 Å². The number of aliphatic hydroxyl groups is 1. The second-order valence-corrected chi connectivity index (χ2v) is 5.62. The van der Waals surface area contributed by atoms with Crippen LogP contribution in [0.25, 0.3) is 0 Å². The van der Waals surface area contributed by atoms with E-state index in [0.29, 0.717) is 19.2 Å². The molecule has 1 aromatic rings. The minimum Gasteiger partial charge on any atom is -0.491 e. The van der Waals surface area contributed by atoms with Crippen molar-refractivity contribution in [2.75, 3.05) is 13.2 Å². The number of aryl methyl sites for hydroxylation is 2. The van der Waals surface area contributed by atoms with Crippen molar-refractivity contribution in [3.8, 4) is 5.75 Å². The Morgan fingerprint density at radius 1 is 1.32 bits per heavy atom. The van der Waals surface area contributed by atoms with Crippen LogP contribution in [0.15, 0.2) is 18.2 Å². The molecule has 0 saturated heterocycles. The summed E-state index contributed by atoms with van der Waals surface area (Å²) in [7, 11) is 0. The Balaban J connectivity index is 1.73. The lowest BCUT2D eigenvalue weighted by atomic mass is 10.1. The van der Waals surface area contributed by atoms with Crippen LogP contribution in [0.2, 0.25) is 0 Å². The first kappa shape index (κ1) is 14.4. The van der Waals surface area contributed by atoms with E-state index in [9.17, 15) is 5.11 Å². The Morgan fingerprint density at radius 2 is 2.05 bits per heavy atom. The summed E-state index contributed by atoms with van der Waals surface area (Å²) in [5, 5.41) is 13.4. The van der Waals surface area contributed by atoms with Crippen LogP contribution in [0, 0.1) is 13.8 Å². The van der Waals surface area contributed by atoms with Gasteiger partial charge in [-0.3, -0.25) is 0 Å². The summed E-state index contributed by atoms with van der Waals surface area (Å²) >= 11 is 0. The monoisotopic (exact) mass is 263 g/mol. The SMILES string of the molecule is Cc1ccc(C)c(OC[C@H](O)CNC2CCCC2)c1. The maximum atomic E-state index is 9.94. The van der Waals surface area contributed by atoms with E-state index >= 15 is 0 Å². The summed E-state index contributed by atoms with van der Waals surface area (Å²) in [6, 6.07) is 6.73. The highest BCUT2D eigenvalue weighted by Gasteiger charge is 2.15. The molecule has 1 aromatic carbocycles. The summed E-state index contributed by atoms with van der Waals surface area (Å²) in [5.74, 6) is 0.875. The minimum absolute atomic E-state index is 0.351. The third-order valence-corrected chi connectivity index (χ3v) is 3.77. The van der Waals surface area contributed by atoms with Crippen molar-refractivity contribution in [1.82, 2.24) is 5.32 Å². The van der Waals surface area contributed by atoms with Gasteiger partial charge in [0.15, 0.2) is 0 Å². The Bertz CT molecular complexity index is 400. The van der Waals surface area contributed by atoms with E-state index in [1.165, 1.54) is 31.2 Å². The molecule has 1 saturated carbocycles. The molecule has 0 radical (unpaired) electrons. The van der Waals surface area contributed by atoms with Crippen molar-refractivity contribution in [3.05, 3.63) is 29.3 Å². The van der Waals surface area contributed by atoms with Gasteiger partial charge < -0.3 is 15.2 Å². The molecule has 0 spiro atoms. The van der Waals surface area contributed by atoms with Crippen molar-refractivity contribution in [1.29, 1.82) is 0 Å². The zero-order valence-corrected chi connectivity index (χ0v) is 12.0. The lowest BCUT2D eigenvalue weighted by molar-refractivity contribution is 0.103. The van der Waals surface area contributed by atoms with Gasteiger partial charge >= 0.3 is 0 Å². The van der Waals surface area contributed by atoms with Gasteiger partial charge in [0.2, 0.25) is 0 Å². The van der Waals surface area contributed by atoms with Gasteiger partial charge in [0.25, 0.3) is 0 Å². The van der Waals surface area contributed by atoms with Gasteiger partial charge in [-0.05, 0) is 43.9 Å². The van der Waals surface area contributed by atoms with Crippen LogP contribution in [0.1, 0.15) is 36.8 Å². The van der Waals surface area contributed by atoms with Crippen LogP contribution in [0.3, 0.4) is 0 Å². The topological polar surface area (TPSA) is 41.5 Å². The van der Waals surface area contributed by atoms with Crippen molar-refractivity contribution < 1.29 is 9.84 Å². The Labute approximate surface area is 116 Å². The highest BCUT2D eigenvalue weighted by atomic mass is 16.5. The molecule has 0 amide bonds. The van der Waals surface area contributed by atoms with E-state index in [4.69, 9.17) is 4.74 Å². The lowest BCUT2D eigenvalue weighted by Gasteiger charge is -2.17. The lowest BCUT2D eigenvalue weighted by Crippen LogP contribution is -2.36. The Hall–Kier alpha value is -1.06. The van der Waals surface area contributed by atoms with Crippen LogP contribution in [-0.4, -0.2) is 30.4 Å². The first-order chi connectivity index (χ1) is 9.15. The molecule has 0 aromatic heterocycles. The predicted octanol–water partition coefficient (Wildman–Crippen LogP) is 2.58.